The second-order valence-corrected chi connectivity index (χ2v) is 9.32. The first-order valence-electron chi connectivity index (χ1n) is 11.4. The molecule has 0 spiro atoms. The molecule has 3 aromatic carbocycles. The van der Waals surface area contributed by atoms with Gasteiger partial charge < -0.3 is 9.64 Å². The average Bonchev–Trinajstić information content (AvgIpc) is 3.65. The SMILES string of the molecule is COc1ccc(CN(C(=O)CSc2nnc(-c3ccccc3)n2-c2ccc(F)cc2)C2CC2)cc1. The van der Waals surface area contributed by atoms with Crippen molar-refractivity contribution in [2.24, 2.45) is 0 Å². The quantitative estimate of drug-likeness (QED) is 0.297. The Hall–Kier alpha value is -3.65. The third kappa shape index (κ3) is 5.38. The molecule has 0 bridgehead atoms. The smallest absolute Gasteiger partial charge is 0.233 e. The van der Waals surface area contributed by atoms with Crippen LogP contribution in [0.4, 0.5) is 4.39 Å². The minimum absolute atomic E-state index is 0.0586. The van der Waals surface area contributed by atoms with Gasteiger partial charge in [0.25, 0.3) is 0 Å². The van der Waals surface area contributed by atoms with E-state index in [0.717, 1.165) is 35.4 Å². The molecule has 1 aromatic heterocycles. The number of benzene rings is 3. The maximum absolute atomic E-state index is 13.6. The largest absolute Gasteiger partial charge is 0.497 e. The van der Waals surface area contributed by atoms with Gasteiger partial charge in [-0.3, -0.25) is 9.36 Å². The highest BCUT2D eigenvalue weighted by Gasteiger charge is 2.32. The number of nitrogens with zero attached hydrogens (tertiary/aromatic N) is 4. The first-order chi connectivity index (χ1) is 17.1. The maximum atomic E-state index is 13.6. The summed E-state index contributed by atoms with van der Waals surface area (Å²) in [6.07, 6.45) is 2.05. The van der Waals surface area contributed by atoms with Gasteiger partial charge in [0.05, 0.1) is 12.9 Å². The van der Waals surface area contributed by atoms with Crippen molar-refractivity contribution >= 4 is 17.7 Å². The van der Waals surface area contributed by atoms with E-state index < -0.39 is 0 Å². The number of hydrogen-bond acceptors (Lipinski definition) is 5. The molecule has 1 heterocycles. The third-order valence-corrected chi connectivity index (χ3v) is 6.81. The van der Waals surface area contributed by atoms with Crippen LogP contribution in [0.2, 0.25) is 0 Å². The molecule has 8 heteroatoms. The molecule has 1 aliphatic rings. The van der Waals surface area contributed by atoms with Crippen LogP contribution in [0.15, 0.2) is 84.0 Å². The van der Waals surface area contributed by atoms with Gasteiger partial charge in [0.15, 0.2) is 11.0 Å². The monoisotopic (exact) mass is 488 g/mol. The maximum Gasteiger partial charge on any atom is 0.233 e. The Morgan fingerprint density at radius 3 is 2.40 bits per heavy atom. The lowest BCUT2D eigenvalue weighted by Gasteiger charge is -2.22. The molecule has 0 N–H and O–H groups in total. The molecule has 0 atom stereocenters. The molecule has 1 saturated carbocycles. The van der Waals surface area contributed by atoms with Gasteiger partial charge in [0.1, 0.15) is 11.6 Å². The molecule has 35 heavy (non-hydrogen) atoms. The second kappa shape index (κ2) is 10.3. The summed E-state index contributed by atoms with van der Waals surface area (Å²) in [5, 5.41) is 9.37. The van der Waals surface area contributed by atoms with Gasteiger partial charge in [-0.05, 0) is 54.8 Å². The van der Waals surface area contributed by atoms with Gasteiger partial charge >= 0.3 is 0 Å². The fourth-order valence-corrected chi connectivity index (χ4v) is 4.74. The van der Waals surface area contributed by atoms with Crippen molar-refractivity contribution in [1.82, 2.24) is 19.7 Å². The van der Waals surface area contributed by atoms with Gasteiger partial charge in [-0.2, -0.15) is 0 Å². The lowest BCUT2D eigenvalue weighted by Crippen LogP contribution is -2.34. The van der Waals surface area contributed by atoms with Crippen molar-refractivity contribution in [2.45, 2.75) is 30.6 Å². The molecule has 1 fully saturated rings. The summed E-state index contributed by atoms with van der Waals surface area (Å²) < 4.78 is 20.7. The van der Waals surface area contributed by atoms with Gasteiger partial charge in [0, 0.05) is 23.8 Å². The molecule has 1 amide bonds. The minimum Gasteiger partial charge on any atom is -0.497 e. The highest BCUT2D eigenvalue weighted by molar-refractivity contribution is 7.99. The van der Waals surface area contributed by atoms with Gasteiger partial charge in [-0.15, -0.1) is 10.2 Å². The Balaban J connectivity index is 1.36. The van der Waals surface area contributed by atoms with Crippen LogP contribution in [-0.2, 0) is 11.3 Å². The Kier molecular flexibility index (Phi) is 6.81. The normalized spacial score (nSPS) is 13.0. The number of thioether (sulfide) groups is 1. The molecule has 0 aliphatic heterocycles. The summed E-state index contributed by atoms with van der Waals surface area (Å²) >= 11 is 1.34. The van der Waals surface area contributed by atoms with Crippen molar-refractivity contribution in [3.05, 3.63) is 90.2 Å². The zero-order chi connectivity index (χ0) is 24.2. The first-order valence-corrected chi connectivity index (χ1v) is 12.4. The number of halogens is 1. The third-order valence-electron chi connectivity index (χ3n) is 5.89. The van der Waals surface area contributed by atoms with Gasteiger partial charge in [-0.1, -0.05) is 54.2 Å². The van der Waals surface area contributed by atoms with E-state index in [1.165, 1.54) is 23.9 Å². The van der Waals surface area contributed by atoms with Crippen LogP contribution < -0.4 is 4.74 Å². The predicted molar refractivity (Wildman–Crippen MR) is 134 cm³/mol. The van der Waals surface area contributed by atoms with Crippen molar-refractivity contribution in [1.29, 1.82) is 0 Å². The van der Waals surface area contributed by atoms with E-state index in [9.17, 15) is 9.18 Å². The van der Waals surface area contributed by atoms with Gasteiger partial charge in [0.2, 0.25) is 5.91 Å². The molecular formula is C27H25FN4O2S. The summed E-state index contributed by atoms with van der Waals surface area (Å²) in [5.41, 5.74) is 2.70. The van der Waals surface area contributed by atoms with E-state index in [-0.39, 0.29) is 23.5 Å². The molecule has 178 valence electrons. The summed E-state index contributed by atoms with van der Waals surface area (Å²) in [6, 6.07) is 24.0. The number of carbonyl (C=O) groups is 1. The van der Waals surface area contributed by atoms with Crippen LogP contribution in [-0.4, -0.2) is 44.5 Å². The minimum atomic E-state index is -0.314. The van der Waals surface area contributed by atoms with Crippen LogP contribution >= 0.6 is 11.8 Å². The number of rotatable bonds is 9. The summed E-state index contributed by atoms with van der Waals surface area (Å²) in [4.78, 5) is 15.2. The Morgan fingerprint density at radius 1 is 1.03 bits per heavy atom. The van der Waals surface area contributed by atoms with E-state index in [0.29, 0.717) is 17.5 Å². The van der Waals surface area contributed by atoms with Crippen molar-refractivity contribution in [3.8, 4) is 22.8 Å². The first kappa shape index (κ1) is 23.1. The molecule has 6 nitrogen and oxygen atoms in total. The van der Waals surface area contributed by atoms with Crippen molar-refractivity contribution in [3.63, 3.8) is 0 Å². The topological polar surface area (TPSA) is 60.2 Å². The fourth-order valence-electron chi connectivity index (χ4n) is 3.90. The fraction of sp³-hybridized carbons (Fsp3) is 0.222. The lowest BCUT2D eigenvalue weighted by atomic mass is 10.2. The zero-order valence-corrected chi connectivity index (χ0v) is 20.1. The van der Waals surface area contributed by atoms with Crippen LogP contribution in [0.5, 0.6) is 5.75 Å². The number of amides is 1. The Labute approximate surface area is 207 Å². The average molecular weight is 489 g/mol. The summed E-state index contributed by atoms with van der Waals surface area (Å²) in [7, 11) is 1.64. The number of hydrogen-bond donors (Lipinski definition) is 0. The van der Waals surface area contributed by atoms with Crippen LogP contribution in [0.1, 0.15) is 18.4 Å². The standard InChI is InChI=1S/C27H25FN4O2S/c1-34-24-15-7-19(8-16-24)17-31(22-13-14-22)25(33)18-35-27-30-29-26(20-5-3-2-4-6-20)32(27)23-11-9-21(28)10-12-23/h2-12,15-16,22H,13-14,17-18H2,1H3. The van der Waals surface area contributed by atoms with E-state index >= 15 is 0 Å². The lowest BCUT2D eigenvalue weighted by molar-refractivity contribution is -0.129. The van der Waals surface area contributed by atoms with E-state index in [2.05, 4.69) is 10.2 Å². The van der Waals surface area contributed by atoms with Gasteiger partial charge in [-0.25, -0.2) is 4.39 Å². The van der Waals surface area contributed by atoms with Crippen LogP contribution in [0.25, 0.3) is 17.1 Å². The molecule has 0 unspecified atom stereocenters. The second-order valence-electron chi connectivity index (χ2n) is 8.37. The summed E-state index contributed by atoms with van der Waals surface area (Å²) in [6.45, 7) is 0.563. The molecular weight excluding hydrogens is 463 g/mol. The van der Waals surface area contributed by atoms with E-state index in [1.54, 1.807) is 19.2 Å². The van der Waals surface area contributed by atoms with Crippen molar-refractivity contribution < 1.29 is 13.9 Å². The predicted octanol–water partition coefficient (Wildman–Crippen LogP) is 5.37. The Bertz CT molecular complexity index is 1290. The Morgan fingerprint density at radius 2 is 1.74 bits per heavy atom. The van der Waals surface area contributed by atoms with Crippen molar-refractivity contribution in [2.75, 3.05) is 12.9 Å². The summed E-state index contributed by atoms with van der Waals surface area (Å²) in [5.74, 6) is 1.42. The number of methoxy groups -OCH3 is 1. The number of carbonyl (C=O) groups excluding carboxylic acids is 1. The molecule has 5 rings (SSSR count). The van der Waals surface area contributed by atoms with Crippen LogP contribution in [0.3, 0.4) is 0 Å². The highest BCUT2D eigenvalue weighted by Crippen LogP contribution is 2.32. The number of ether oxygens (including phenoxy) is 1. The van der Waals surface area contributed by atoms with E-state index in [1.807, 2.05) is 64.1 Å². The highest BCUT2D eigenvalue weighted by atomic mass is 32.2. The van der Waals surface area contributed by atoms with Crippen LogP contribution in [0, 0.1) is 5.82 Å². The zero-order valence-electron chi connectivity index (χ0n) is 19.3. The molecule has 1 aliphatic carbocycles. The molecule has 0 saturated heterocycles. The molecule has 4 aromatic rings. The number of aromatic nitrogens is 3. The molecule has 0 radical (unpaired) electrons. The van der Waals surface area contributed by atoms with E-state index in [4.69, 9.17) is 4.74 Å².